The summed E-state index contributed by atoms with van der Waals surface area (Å²) in [6.07, 6.45) is 0. The standard InChI is InChI=1S/C16H15ClN2O2S/c1-19(9-12-5-6-15(17)22-12)16(20)14-7-10-3-4-11(21-2)8-13(10)18-14/h3-8,18H,9H2,1-2H3. The fourth-order valence-electron chi connectivity index (χ4n) is 2.30. The first kappa shape index (κ1) is 14.9. The van der Waals surface area contributed by atoms with E-state index in [9.17, 15) is 4.79 Å². The average molecular weight is 335 g/mol. The zero-order valence-corrected chi connectivity index (χ0v) is 13.8. The van der Waals surface area contributed by atoms with E-state index in [4.69, 9.17) is 16.3 Å². The van der Waals surface area contributed by atoms with Crippen molar-refractivity contribution in [2.75, 3.05) is 14.2 Å². The first-order valence-corrected chi connectivity index (χ1v) is 7.92. The van der Waals surface area contributed by atoms with Crippen LogP contribution in [0.3, 0.4) is 0 Å². The number of thiophene rings is 1. The maximum atomic E-state index is 12.5. The Kier molecular flexibility index (Phi) is 4.09. The number of benzene rings is 1. The molecule has 0 saturated heterocycles. The lowest BCUT2D eigenvalue weighted by Crippen LogP contribution is -2.26. The van der Waals surface area contributed by atoms with Gasteiger partial charge in [-0.3, -0.25) is 4.79 Å². The lowest BCUT2D eigenvalue weighted by molar-refractivity contribution is 0.0781. The van der Waals surface area contributed by atoms with Crippen LogP contribution in [0.4, 0.5) is 0 Å². The summed E-state index contributed by atoms with van der Waals surface area (Å²) in [5.41, 5.74) is 1.45. The van der Waals surface area contributed by atoms with E-state index in [-0.39, 0.29) is 5.91 Å². The lowest BCUT2D eigenvalue weighted by Gasteiger charge is -2.15. The molecular weight excluding hydrogens is 320 g/mol. The highest BCUT2D eigenvalue weighted by molar-refractivity contribution is 7.16. The third-order valence-corrected chi connectivity index (χ3v) is 4.64. The average Bonchev–Trinajstić information content (AvgIpc) is 3.11. The van der Waals surface area contributed by atoms with Crippen LogP contribution in [0, 0.1) is 0 Å². The number of nitrogens with one attached hydrogen (secondary N) is 1. The van der Waals surface area contributed by atoms with Crippen molar-refractivity contribution in [3.8, 4) is 5.75 Å². The molecule has 0 aliphatic carbocycles. The maximum Gasteiger partial charge on any atom is 0.270 e. The van der Waals surface area contributed by atoms with Gasteiger partial charge in [-0.25, -0.2) is 0 Å². The van der Waals surface area contributed by atoms with Gasteiger partial charge in [0.2, 0.25) is 0 Å². The normalized spacial score (nSPS) is 10.9. The molecule has 1 aromatic carbocycles. The Morgan fingerprint density at radius 1 is 1.32 bits per heavy atom. The van der Waals surface area contributed by atoms with Gasteiger partial charge in [-0.1, -0.05) is 11.6 Å². The van der Waals surface area contributed by atoms with Crippen LogP contribution < -0.4 is 4.74 Å². The van der Waals surface area contributed by atoms with Crippen molar-refractivity contribution in [3.05, 3.63) is 51.3 Å². The third kappa shape index (κ3) is 2.96. The Morgan fingerprint density at radius 3 is 2.82 bits per heavy atom. The summed E-state index contributed by atoms with van der Waals surface area (Å²) in [5.74, 6) is 0.703. The van der Waals surface area contributed by atoms with E-state index in [1.807, 2.05) is 36.4 Å². The largest absolute Gasteiger partial charge is 0.497 e. The van der Waals surface area contributed by atoms with Gasteiger partial charge in [0.15, 0.2) is 0 Å². The van der Waals surface area contributed by atoms with E-state index in [1.54, 1.807) is 19.1 Å². The van der Waals surface area contributed by atoms with Crippen molar-refractivity contribution >= 4 is 39.7 Å². The monoisotopic (exact) mass is 334 g/mol. The summed E-state index contributed by atoms with van der Waals surface area (Å²) in [4.78, 5) is 18.4. The summed E-state index contributed by atoms with van der Waals surface area (Å²) in [5, 5.41) is 0.983. The number of aromatic nitrogens is 1. The molecule has 0 fully saturated rings. The van der Waals surface area contributed by atoms with Crippen molar-refractivity contribution in [1.29, 1.82) is 0 Å². The number of fused-ring (bicyclic) bond motifs is 1. The van der Waals surface area contributed by atoms with Gasteiger partial charge >= 0.3 is 0 Å². The molecule has 0 radical (unpaired) electrons. The Morgan fingerprint density at radius 2 is 2.14 bits per heavy atom. The zero-order chi connectivity index (χ0) is 15.7. The van der Waals surface area contributed by atoms with Gasteiger partial charge in [-0.15, -0.1) is 11.3 Å². The predicted molar refractivity (Wildman–Crippen MR) is 90.0 cm³/mol. The quantitative estimate of drug-likeness (QED) is 0.778. The molecule has 0 saturated carbocycles. The first-order valence-electron chi connectivity index (χ1n) is 6.73. The molecule has 6 heteroatoms. The van der Waals surface area contributed by atoms with Crippen LogP contribution in [0.25, 0.3) is 10.9 Å². The molecular formula is C16H15ClN2O2S. The molecule has 1 amide bonds. The minimum absolute atomic E-state index is 0.0558. The maximum absolute atomic E-state index is 12.5. The van der Waals surface area contributed by atoms with Crippen LogP contribution >= 0.6 is 22.9 Å². The van der Waals surface area contributed by atoms with Gasteiger partial charge < -0.3 is 14.6 Å². The van der Waals surface area contributed by atoms with E-state index in [2.05, 4.69) is 4.98 Å². The number of methoxy groups -OCH3 is 1. The molecule has 114 valence electrons. The molecule has 22 heavy (non-hydrogen) atoms. The van der Waals surface area contributed by atoms with Crippen molar-refractivity contribution in [2.24, 2.45) is 0 Å². The van der Waals surface area contributed by atoms with Crippen molar-refractivity contribution in [2.45, 2.75) is 6.54 Å². The number of amides is 1. The number of H-pyrrole nitrogens is 1. The Labute approximate surface area is 137 Å². The highest BCUT2D eigenvalue weighted by atomic mass is 35.5. The molecule has 0 bridgehead atoms. The molecule has 0 aliphatic rings. The van der Waals surface area contributed by atoms with Gasteiger partial charge in [0.1, 0.15) is 11.4 Å². The number of ether oxygens (including phenoxy) is 1. The second kappa shape index (κ2) is 6.02. The number of aromatic amines is 1. The van der Waals surface area contributed by atoms with Crippen LogP contribution in [-0.4, -0.2) is 29.9 Å². The fraction of sp³-hybridized carbons (Fsp3) is 0.188. The number of rotatable bonds is 4. The minimum Gasteiger partial charge on any atom is -0.497 e. The summed E-state index contributed by atoms with van der Waals surface area (Å²) in [6, 6.07) is 11.3. The van der Waals surface area contributed by atoms with Crippen LogP contribution in [-0.2, 0) is 6.54 Å². The number of nitrogens with zero attached hydrogens (tertiary/aromatic N) is 1. The van der Waals surface area contributed by atoms with E-state index >= 15 is 0 Å². The molecule has 0 aliphatic heterocycles. The number of halogens is 1. The molecule has 2 heterocycles. The first-order chi connectivity index (χ1) is 10.6. The fourth-order valence-corrected chi connectivity index (χ4v) is 3.44. The van der Waals surface area contributed by atoms with Crippen molar-refractivity contribution in [1.82, 2.24) is 9.88 Å². The summed E-state index contributed by atoms with van der Waals surface area (Å²) >= 11 is 7.40. The minimum atomic E-state index is -0.0558. The molecule has 1 N–H and O–H groups in total. The number of hydrogen-bond acceptors (Lipinski definition) is 3. The van der Waals surface area contributed by atoms with Crippen LogP contribution in [0.5, 0.6) is 5.75 Å². The van der Waals surface area contributed by atoms with E-state index in [1.165, 1.54) is 11.3 Å². The summed E-state index contributed by atoms with van der Waals surface area (Å²) in [7, 11) is 3.40. The Bertz CT molecular complexity index is 825. The highest BCUT2D eigenvalue weighted by Gasteiger charge is 2.15. The number of carbonyl (C=O) groups is 1. The van der Waals surface area contributed by atoms with Gasteiger partial charge in [0.05, 0.1) is 18.0 Å². The van der Waals surface area contributed by atoms with E-state index in [0.717, 1.165) is 25.9 Å². The Balaban J connectivity index is 1.81. The van der Waals surface area contributed by atoms with Crippen molar-refractivity contribution < 1.29 is 9.53 Å². The van der Waals surface area contributed by atoms with Crippen molar-refractivity contribution in [3.63, 3.8) is 0 Å². The molecule has 3 rings (SSSR count). The lowest BCUT2D eigenvalue weighted by atomic mass is 10.2. The third-order valence-electron chi connectivity index (χ3n) is 3.43. The van der Waals surface area contributed by atoms with Gasteiger partial charge in [-0.05, 0) is 30.3 Å². The second-order valence-corrected chi connectivity index (χ2v) is 6.80. The molecule has 3 aromatic rings. The van der Waals surface area contributed by atoms with Gasteiger partial charge in [0.25, 0.3) is 5.91 Å². The SMILES string of the molecule is COc1ccc2cc(C(=O)N(C)Cc3ccc(Cl)s3)[nH]c2c1. The number of hydrogen-bond donors (Lipinski definition) is 1. The van der Waals surface area contributed by atoms with E-state index < -0.39 is 0 Å². The molecule has 0 spiro atoms. The summed E-state index contributed by atoms with van der Waals surface area (Å²) in [6.45, 7) is 0.537. The Hall–Kier alpha value is -1.98. The van der Waals surface area contributed by atoms with Crippen LogP contribution in [0.1, 0.15) is 15.4 Å². The molecule has 4 nitrogen and oxygen atoms in total. The highest BCUT2D eigenvalue weighted by Crippen LogP contribution is 2.24. The summed E-state index contributed by atoms with van der Waals surface area (Å²) < 4.78 is 5.92. The molecule has 0 atom stereocenters. The van der Waals surface area contributed by atoms with Gasteiger partial charge in [-0.2, -0.15) is 0 Å². The van der Waals surface area contributed by atoms with Gasteiger partial charge in [0, 0.05) is 28.9 Å². The topological polar surface area (TPSA) is 45.3 Å². The van der Waals surface area contributed by atoms with Crippen LogP contribution in [0.2, 0.25) is 4.34 Å². The second-order valence-electron chi connectivity index (χ2n) is 5.00. The number of carbonyl (C=O) groups excluding carboxylic acids is 1. The molecule has 2 aromatic heterocycles. The molecule has 0 unspecified atom stereocenters. The van der Waals surface area contributed by atoms with Crippen LogP contribution in [0.15, 0.2) is 36.4 Å². The van der Waals surface area contributed by atoms with E-state index in [0.29, 0.717) is 12.2 Å². The predicted octanol–water partition coefficient (Wildman–Crippen LogP) is 4.16. The zero-order valence-electron chi connectivity index (χ0n) is 12.2. The smallest absolute Gasteiger partial charge is 0.270 e.